The summed E-state index contributed by atoms with van der Waals surface area (Å²) in [5, 5.41) is 0. The number of hydrogen-bond donors (Lipinski definition) is 0. The molecule has 0 aliphatic carbocycles. The molecule has 0 bridgehead atoms. The summed E-state index contributed by atoms with van der Waals surface area (Å²) in [6.45, 7) is 6.43. The topological polar surface area (TPSA) is 78.9 Å². The molecule has 1 atom stereocenters. The Morgan fingerprint density at radius 2 is 0.705 bits per heavy atom. The van der Waals surface area contributed by atoms with E-state index in [2.05, 4.69) is 106 Å². The van der Waals surface area contributed by atoms with Gasteiger partial charge in [0.1, 0.15) is 13.2 Å². The molecule has 1 unspecified atom stereocenters. The van der Waals surface area contributed by atoms with Gasteiger partial charge >= 0.3 is 17.9 Å². The zero-order chi connectivity index (χ0) is 44.4. The molecule has 61 heavy (non-hydrogen) atoms. The summed E-state index contributed by atoms with van der Waals surface area (Å²) in [7, 11) is 0. The highest BCUT2D eigenvalue weighted by atomic mass is 16.6. The van der Waals surface area contributed by atoms with Crippen LogP contribution in [0.1, 0.15) is 226 Å². The molecule has 0 saturated carbocycles. The fourth-order valence-electron chi connectivity index (χ4n) is 6.70. The summed E-state index contributed by atoms with van der Waals surface area (Å²) in [5.74, 6) is -0.931. The van der Waals surface area contributed by atoms with Crippen molar-refractivity contribution in [1.82, 2.24) is 0 Å². The lowest BCUT2D eigenvalue weighted by molar-refractivity contribution is -0.167. The van der Waals surface area contributed by atoms with Crippen LogP contribution in [-0.4, -0.2) is 37.2 Å². The lowest BCUT2D eigenvalue weighted by atomic mass is 10.1. The fourth-order valence-corrected chi connectivity index (χ4v) is 6.70. The van der Waals surface area contributed by atoms with Gasteiger partial charge in [-0.15, -0.1) is 0 Å². The van der Waals surface area contributed by atoms with Crippen molar-refractivity contribution in [3.63, 3.8) is 0 Å². The number of esters is 3. The third-order valence-electron chi connectivity index (χ3n) is 10.5. The van der Waals surface area contributed by atoms with E-state index in [0.717, 1.165) is 116 Å². The van der Waals surface area contributed by atoms with Gasteiger partial charge < -0.3 is 14.2 Å². The first kappa shape index (κ1) is 57.6. The predicted octanol–water partition coefficient (Wildman–Crippen LogP) is 16.4. The summed E-state index contributed by atoms with van der Waals surface area (Å²) < 4.78 is 16.7. The zero-order valence-corrected chi connectivity index (χ0v) is 39.7. The Morgan fingerprint density at radius 3 is 1.18 bits per heavy atom. The summed E-state index contributed by atoms with van der Waals surface area (Å²) in [6.07, 6.45) is 62.7. The van der Waals surface area contributed by atoms with E-state index in [1.807, 2.05) is 0 Å². The maximum Gasteiger partial charge on any atom is 0.306 e. The first-order valence-corrected chi connectivity index (χ1v) is 25.1. The second-order valence-corrected chi connectivity index (χ2v) is 16.4. The molecular weight excluding hydrogens is 757 g/mol. The Labute approximate surface area is 375 Å². The van der Waals surface area contributed by atoms with Crippen molar-refractivity contribution < 1.29 is 28.6 Å². The van der Waals surface area contributed by atoms with Crippen LogP contribution >= 0.6 is 0 Å². The van der Waals surface area contributed by atoms with Crippen molar-refractivity contribution in [3.05, 3.63) is 85.1 Å². The number of allylic oxidation sites excluding steroid dienone is 14. The van der Waals surface area contributed by atoms with Gasteiger partial charge in [0.15, 0.2) is 6.10 Å². The fraction of sp³-hybridized carbons (Fsp3) is 0.691. The van der Waals surface area contributed by atoms with Crippen LogP contribution in [0.25, 0.3) is 0 Å². The SMILES string of the molecule is CC/C=C\C/C=C\C/C=C\CCCCCCCCC(=O)OC(COC(=O)CCCCCCC\C=C/C=C\C=C/C=C\CCCCC)COC(=O)CCCCCCCCCCC. The highest BCUT2D eigenvalue weighted by Crippen LogP contribution is 2.14. The van der Waals surface area contributed by atoms with Crippen molar-refractivity contribution in [3.8, 4) is 0 Å². The van der Waals surface area contributed by atoms with Crippen LogP contribution in [0.2, 0.25) is 0 Å². The number of carbonyl (C=O) groups is 3. The Kier molecular flexibility index (Phi) is 46.5. The molecule has 0 N–H and O–H groups in total. The van der Waals surface area contributed by atoms with Crippen LogP contribution in [0, 0.1) is 0 Å². The molecule has 0 heterocycles. The Balaban J connectivity index is 4.42. The Hall–Kier alpha value is -3.41. The van der Waals surface area contributed by atoms with E-state index >= 15 is 0 Å². The summed E-state index contributed by atoms with van der Waals surface area (Å²) in [5.41, 5.74) is 0. The van der Waals surface area contributed by atoms with Crippen LogP contribution < -0.4 is 0 Å². The number of ether oxygens (including phenoxy) is 3. The molecule has 0 aromatic heterocycles. The van der Waals surface area contributed by atoms with Crippen LogP contribution in [-0.2, 0) is 28.6 Å². The largest absolute Gasteiger partial charge is 0.462 e. The van der Waals surface area contributed by atoms with E-state index in [9.17, 15) is 14.4 Å². The Bertz CT molecular complexity index is 1200. The van der Waals surface area contributed by atoms with Crippen molar-refractivity contribution in [1.29, 1.82) is 0 Å². The summed E-state index contributed by atoms with van der Waals surface area (Å²) in [6, 6.07) is 0. The van der Waals surface area contributed by atoms with Gasteiger partial charge in [0.25, 0.3) is 0 Å². The smallest absolute Gasteiger partial charge is 0.306 e. The van der Waals surface area contributed by atoms with E-state index in [0.29, 0.717) is 19.3 Å². The average Bonchev–Trinajstić information content (AvgIpc) is 3.26. The molecule has 6 heteroatoms. The van der Waals surface area contributed by atoms with Crippen molar-refractivity contribution >= 4 is 17.9 Å². The molecule has 0 aromatic rings. The van der Waals surface area contributed by atoms with E-state index in [4.69, 9.17) is 14.2 Å². The van der Waals surface area contributed by atoms with Crippen molar-refractivity contribution in [2.24, 2.45) is 0 Å². The molecule has 0 amide bonds. The lowest BCUT2D eigenvalue weighted by Gasteiger charge is -2.18. The molecular formula is C55H92O6. The molecule has 0 aliphatic rings. The maximum absolute atomic E-state index is 12.8. The number of rotatable bonds is 44. The van der Waals surface area contributed by atoms with Crippen LogP contribution in [0.15, 0.2) is 85.1 Å². The van der Waals surface area contributed by atoms with Crippen molar-refractivity contribution in [2.45, 2.75) is 232 Å². The number of carbonyl (C=O) groups excluding carboxylic acids is 3. The standard InChI is InChI=1S/C55H92O6/c1-4-7-10-13-16-19-21-23-25-27-28-30-31-33-36-39-42-45-48-54(57)60-51-52(50-59-53(56)47-44-41-38-35-18-15-12-9-6-3)61-55(58)49-46-43-40-37-34-32-29-26-24-22-20-17-14-11-8-5-2/h8,11,16-17,19-21,23-28,30,52H,4-7,9-10,12-15,18,22,29,31-51H2,1-3H3/b11-8-,19-16-,20-17-,23-21-,26-24-,27-25-,30-28-. The van der Waals surface area contributed by atoms with Gasteiger partial charge in [0, 0.05) is 19.3 Å². The van der Waals surface area contributed by atoms with E-state index in [-0.39, 0.29) is 31.1 Å². The summed E-state index contributed by atoms with van der Waals surface area (Å²) in [4.78, 5) is 37.9. The van der Waals surface area contributed by atoms with Crippen LogP contribution in [0.4, 0.5) is 0 Å². The van der Waals surface area contributed by atoms with Crippen molar-refractivity contribution in [2.75, 3.05) is 13.2 Å². The Morgan fingerprint density at radius 1 is 0.361 bits per heavy atom. The van der Waals surface area contributed by atoms with Gasteiger partial charge in [-0.1, -0.05) is 215 Å². The third-order valence-corrected chi connectivity index (χ3v) is 10.5. The molecule has 348 valence electrons. The first-order valence-electron chi connectivity index (χ1n) is 25.1. The minimum Gasteiger partial charge on any atom is -0.462 e. The predicted molar refractivity (Wildman–Crippen MR) is 261 cm³/mol. The minimum atomic E-state index is -0.791. The van der Waals surface area contributed by atoms with Gasteiger partial charge in [0.05, 0.1) is 0 Å². The van der Waals surface area contributed by atoms with E-state index in [1.54, 1.807) is 0 Å². The van der Waals surface area contributed by atoms with Crippen LogP contribution in [0.3, 0.4) is 0 Å². The molecule has 0 radical (unpaired) electrons. The normalized spacial score (nSPS) is 12.8. The highest BCUT2D eigenvalue weighted by molar-refractivity contribution is 5.71. The van der Waals surface area contributed by atoms with Gasteiger partial charge in [-0.3, -0.25) is 14.4 Å². The molecule has 0 aromatic carbocycles. The second-order valence-electron chi connectivity index (χ2n) is 16.4. The quantitative estimate of drug-likeness (QED) is 0.0200. The second kappa shape index (κ2) is 49.2. The number of hydrogen-bond acceptors (Lipinski definition) is 6. The monoisotopic (exact) mass is 849 g/mol. The van der Waals surface area contributed by atoms with E-state index < -0.39 is 6.10 Å². The maximum atomic E-state index is 12.8. The summed E-state index contributed by atoms with van der Waals surface area (Å²) >= 11 is 0. The first-order chi connectivity index (χ1) is 30.0. The minimum absolute atomic E-state index is 0.0895. The van der Waals surface area contributed by atoms with Gasteiger partial charge in [-0.05, 0) is 77.0 Å². The molecule has 0 rings (SSSR count). The van der Waals surface area contributed by atoms with Gasteiger partial charge in [0.2, 0.25) is 0 Å². The van der Waals surface area contributed by atoms with E-state index in [1.165, 1.54) is 70.6 Å². The lowest BCUT2D eigenvalue weighted by Crippen LogP contribution is -2.30. The highest BCUT2D eigenvalue weighted by Gasteiger charge is 2.19. The van der Waals surface area contributed by atoms with Crippen LogP contribution in [0.5, 0.6) is 0 Å². The molecule has 0 spiro atoms. The third kappa shape index (κ3) is 47.5. The average molecular weight is 849 g/mol. The number of unbranched alkanes of at least 4 members (excludes halogenated alkanes) is 22. The molecule has 6 nitrogen and oxygen atoms in total. The zero-order valence-electron chi connectivity index (χ0n) is 39.7. The van der Waals surface area contributed by atoms with Gasteiger partial charge in [-0.25, -0.2) is 0 Å². The molecule has 0 saturated heterocycles. The molecule has 0 aliphatic heterocycles. The molecule has 0 fully saturated rings. The van der Waals surface area contributed by atoms with Gasteiger partial charge in [-0.2, -0.15) is 0 Å².